The molecule has 1 heterocycles. The summed E-state index contributed by atoms with van der Waals surface area (Å²) in [5.41, 5.74) is 5.65. The quantitative estimate of drug-likeness (QED) is 0.867. The highest BCUT2D eigenvalue weighted by Gasteiger charge is 2.42. The van der Waals surface area contributed by atoms with Gasteiger partial charge in [0.15, 0.2) is 0 Å². The van der Waals surface area contributed by atoms with Crippen molar-refractivity contribution in [2.45, 2.75) is 82.6 Å². The van der Waals surface area contributed by atoms with Crippen LogP contribution in [-0.2, 0) is 9.53 Å². The zero-order valence-corrected chi connectivity index (χ0v) is 13.8. The molecule has 2 atom stereocenters. The zero-order valence-electron chi connectivity index (χ0n) is 13.0. The molecule has 2 aliphatic carbocycles. The number of ether oxygens (including phenoxy) is 1. The topological polar surface area (TPSA) is 55.6 Å². The fourth-order valence-corrected chi connectivity index (χ4v) is 3.76. The first-order valence-electron chi connectivity index (χ1n) is 8.36. The van der Waals surface area contributed by atoms with E-state index in [-0.39, 0.29) is 30.5 Å². The summed E-state index contributed by atoms with van der Waals surface area (Å²) >= 11 is 0. The van der Waals surface area contributed by atoms with Crippen LogP contribution in [0.15, 0.2) is 0 Å². The van der Waals surface area contributed by atoms with Crippen molar-refractivity contribution in [2.75, 3.05) is 6.54 Å². The average molecular weight is 317 g/mol. The summed E-state index contributed by atoms with van der Waals surface area (Å²) in [6.07, 6.45) is 8.92. The molecule has 2 N–H and O–H groups in total. The Labute approximate surface area is 134 Å². The van der Waals surface area contributed by atoms with E-state index in [0.29, 0.717) is 18.6 Å². The van der Waals surface area contributed by atoms with Crippen LogP contribution in [0.1, 0.15) is 58.3 Å². The maximum absolute atomic E-state index is 12.8. The first-order valence-corrected chi connectivity index (χ1v) is 8.36. The average Bonchev–Trinajstić information content (AvgIpc) is 3.17. The molecule has 3 aliphatic rings. The van der Waals surface area contributed by atoms with E-state index in [2.05, 4.69) is 11.8 Å². The number of nitrogens with zero attached hydrogens (tertiary/aromatic N) is 1. The lowest BCUT2D eigenvalue weighted by atomic mass is 9.86. The van der Waals surface area contributed by atoms with E-state index in [1.165, 1.54) is 38.5 Å². The first kappa shape index (κ1) is 17.0. The van der Waals surface area contributed by atoms with Crippen LogP contribution in [0.3, 0.4) is 0 Å². The number of hydrogen-bond acceptors (Lipinski definition) is 3. The van der Waals surface area contributed by atoms with Crippen LogP contribution in [0.25, 0.3) is 0 Å². The summed E-state index contributed by atoms with van der Waals surface area (Å²) in [4.78, 5) is 15.0. The van der Waals surface area contributed by atoms with Crippen LogP contribution >= 0.6 is 12.4 Å². The van der Waals surface area contributed by atoms with Crippen LogP contribution in [0.2, 0.25) is 0 Å². The van der Waals surface area contributed by atoms with Gasteiger partial charge in [0.2, 0.25) is 0 Å². The number of carbonyl (C=O) groups is 1. The number of nitrogens with two attached hydrogens (primary N) is 1. The van der Waals surface area contributed by atoms with Gasteiger partial charge in [-0.1, -0.05) is 6.92 Å². The number of rotatable bonds is 4. The molecule has 5 heteroatoms. The van der Waals surface area contributed by atoms with E-state index in [0.717, 1.165) is 18.8 Å². The van der Waals surface area contributed by atoms with Crippen molar-refractivity contribution in [3.8, 4) is 0 Å². The van der Waals surface area contributed by atoms with E-state index in [1.54, 1.807) is 0 Å². The van der Waals surface area contributed by atoms with Crippen molar-refractivity contribution in [3.63, 3.8) is 0 Å². The Bertz CT molecular complexity index is 354. The molecule has 1 aliphatic heterocycles. The lowest BCUT2D eigenvalue weighted by molar-refractivity contribution is -0.146. The molecule has 0 spiro atoms. The van der Waals surface area contributed by atoms with E-state index < -0.39 is 0 Å². The largest absolute Gasteiger partial charge is 0.364 e. The summed E-state index contributed by atoms with van der Waals surface area (Å²) in [6.45, 7) is 2.86. The highest BCUT2D eigenvalue weighted by Crippen LogP contribution is 2.37. The van der Waals surface area contributed by atoms with Crippen molar-refractivity contribution in [2.24, 2.45) is 11.7 Å². The molecule has 1 saturated heterocycles. The lowest BCUT2D eigenvalue weighted by Gasteiger charge is -2.37. The zero-order chi connectivity index (χ0) is 14.1. The molecule has 21 heavy (non-hydrogen) atoms. The number of hydrogen-bond donors (Lipinski definition) is 1. The van der Waals surface area contributed by atoms with Crippen LogP contribution in [-0.4, -0.2) is 41.6 Å². The molecule has 3 rings (SSSR count). The predicted molar refractivity (Wildman–Crippen MR) is 85.5 cm³/mol. The molecule has 4 nitrogen and oxygen atoms in total. The minimum atomic E-state index is -0.219. The molecule has 0 unspecified atom stereocenters. The predicted octanol–water partition coefficient (Wildman–Crippen LogP) is 2.48. The van der Waals surface area contributed by atoms with Crippen molar-refractivity contribution in [1.29, 1.82) is 0 Å². The fraction of sp³-hybridized carbons (Fsp3) is 0.938. The molecule has 0 aromatic heterocycles. The summed E-state index contributed by atoms with van der Waals surface area (Å²) in [6, 6.07) is 0.966. The van der Waals surface area contributed by atoms with Gasteiger partial charge >= 0.3 is 0 Å². The molecule has 2 saturated carbocycles. The molecule has 122 valence electrons. The van der Waals surface area contributed by atoms with Gasteiger partial charge < -0.3 is 15.4 Å². The van der Waals surface area contributed by atoms with E-state index in [4.69, 9.17) is 10.5 Å². The standard InChI is InChI=1S/C16H28N2O2.ClH/c1-11-2-4-12(5-3-11)18(13-6-7-13)16(19)15-9-8-14(10-17)20-15;/h11-15H,2-10,17H2,1H3;1H/t11?,12?,14-,15+;/m1./s1. The van der Waals surface area contributed by atoms with E-state index >= 15 is 0 Å². The first-order chi connectivity index (χ1) is 9.69. The summed E-state index contributed by atoms with van der Waals surface area (Å²) in [5.74, 6) is 1.08. The molecule has 0 bridgehead atoms. The van der Waals surface area contributed by atoms with Crippen LogP contribution in [0.5, 0.6) is 0 Å². The van der Waals surface area contributed by atoms with Crippen LogP contribution in [0.4, 0.5) is 0 Å². The highest BCUT2D eigenvalue weighted by atomic mass is 35.5. The second kappa shape index (κ2) is 7.30. The Morgan fingerprint density at radius 1 is 1.05 bits per heavy atom. The third kappa shape index (κ3) is 3.91. The Morgan fingerprint density at radius 3 is 2.10 bits per heavy atom. The highest BCUT2D eigenvalue weighted by molar-refractivity contribution is 5.85. The Balaban J connectivity index is 0.00000161. The summed E-state index contributed by atoms with van der Waals surface area (Å²) in [5, 5.41) is 0. The lowest BCUT2D eigenvalue weighted by Crippen LogP contribution is -2.48. The van der Waals surface area contributed by atoms with Gasteiger partial charge in [-0.15, -0.1) is 12.4 Å². The van der Waals surface area contributed by atoms with Crippen molar-refractivity contribution in [1.82, 2.24) is 4.90 Å². The summed E-state index contributed by atoms with van der Waals surface area (Å²) in [7, 11) is 0. The fourth-order valence-electron chi connectivity index (χ4n) is 3.76. The molecule has 1 amide bonds. The Morgan fingerprint density at radius 2 is 1.62 bits per heavy atom. The molecule has 3 fully saturated rings. The Hall–Kier alpha value is -0.320. The Kier molecular flexibility index (Phi) is 5.92. The van der Waals surface area contributed by atoms with Gasteiger partial charge in [0.25, 0.3) is 5.91 Å². The number of carbonyl (C=O) groups excluding carboxylic acids is 1. The van der Waals surface area contributed by atoms with Crippen molar-refractivity contribution < 1.29 is 9.53 Å². The van der Waals surface area contributed by atoms with E-state index in [9.17, 15) is 4.79 Å². The van der Waals surface area contributed by atoms with Gasteiger partial charge in [0, 0.05) is 18.6 Å². The minimum absolute atomic E-state index is 0. The monoisotopic (exact) mass is 316 g/mol. The van der Waals surface area contributed by atoms with Crippen LogP contribution < -0.4 is 5.73 Å². The minimum Gasteiger partial charge on any atom is -0.364 e. The van der Waals surface area contributed by atoms with Crippen LogP contribution in [0, 0.1) is 5.92 Å². The second-order valence-electron chi connectivity index (χ2n) is 6.95. The molecule has 0 aromatic carbocycles. The van der Waals surface area contributed by atoms with Gasteiger partial charge in [0.05, 0.1) is 6.10 Å². The van der Waals surface area contributed by atoms with Crippen molar-refractivity contribution in [3.05, 3.63) is 0 Å². The normalized spacial score (nSPS) is 36.1. The van der Waals surface area contributed by atoms with Gasteiger partial charge in [-0.05, 0) is 57.3 Å². The van der Waals surface area contributed by atoms with E-state index in [1.807, 2.05) is 0 Å². The molecular weight excluding hydrogens is 288 g/mol. The second-order valence-corrected chi connectivity index (χ2v) is 6.95. The third-order valence-electron chi connectivity index (χ3n) is 5.22. The SMILES string of the molecule is CC1CCC(N(C(=O)[C@@H]2CC[C@H](CN)O2)C2CC2)CC1.Cl. The van der Waals surface area contributed by atoms with Gasteiger partial charge in [0.1, 0.15) is 6.10 Å². The number of amides is 1. The smallest absolute Gasteiger partial charge is 0.252 e. The maximum Gasteiger partial charge on any atom is 0.252 e. The molecule has 0 radical (unpaired) electrons. The van der Waals surface area contributed by atoms with Gasteiger partial charge in [-0.25, -0.2) is 0 Å². The molecule has 0 aromatic rings. The van der Waals surface area contributed by atoms with Gasteiger partial charge in [-0.2, -0.15) is 0 Å². The third-order valence-corrected chi connectivity index (χ3v) is 5.22. The maximum atomic E-state index is 12.8. The van der Waals surface area contributed by atoms with Crippen molar-refractivity contribution >= 4 is 18.3 Å². The summed E-state index contributed by atoms with van der Waals surface area (Å²) < 4.78 is 5.83. The molecular formula is C16H29ClN2O2. The number of halogens is 1. The van der Waals surface area contributed by atoms with Gasteiger partial charge in [-0.3, -0.25) is 4.79 Å².